The number of hydrogen-bond donors (Lipinski definition) is 2. The number of anilines is 1. The first-order valence-electron chi connectivity index (χ1n) is 5.69. The van der Waals surface area contributed by atoms with Crippen LogP contribution in [0.25, 0.3) is 0 Å². The second-order valence-corrected chi connectivity index (χ2v) is 5.20. The lowest BCUT2D eigenvalue weighted by Crippen LogP contribution is -2.17. The average molecular weight is 247 g/mol. The van der Waals surface area contributed by atoms with Crippen molar-refractivity contribution in [1.82, 2.24) is 20.2 Å². The molecule has 0 aliphatic rings. The fraction of sp³-hybridized carbons (Fsp3) is 0.417. The summed E-state index contributed by atoms with van der Waals surface area (Å²) in [5.41, 5.74) is 6.49. The molecule has 96 valence electrons. The van der Waals surface area contributed by atoms with E-state index in [1.54, 1.807) is 12.1 Å². The van der Waals surface area contributed by atoms with Crippen LogP contribution in [0.4, 0.5) is 5.82 Å². The number of aromatic nitrogens is 4. The number of rotatable bonds is 2. The number of nitrogens with zero attached hydrogens (tertiary/aromatic N) is 3. The van der Waals surface area contributed by atoms with Crippen molar-refractivity contribution in [3.63, 3.8) is 0 Å². The molecule has 2 aromatic rings. The molecule has 0 spiro atoms. The quantitative estimate of drug-likeness (QED) is 0.848. The molecule has 2 heterocycles. The van der Waals surface area contributed by atoms with E-state index in [4.69, 9.17) is 10.5 Å². The number of nitrogens with two attached hydrogens (primary N) is 1. The van der Waals surface area contributed by atoms with E-state index in [0.29, 0.717) is 23.4 Å². The molecule has 3 N–H and O–H groups in total. The van der Waals surface area contributed by atoms with Gasteiger partial charge in [0, 0.05) is 23.2 Å². The van der Waals surface area contributed by atoms with E-state index >= 15 is 0 Å². The Hall–Kier alpha value is -2.11. The molecular weight excluding hydrogens is 230 g/mol. The van der Waals surface area contributed by atoms with Crippen molar-refractivity contribution in [2.24, 2.45) is 0 Å². The highest BCUT2D eigenvalue weighted by Crippen LogP contribution is 2.24. The number of nitrogen functional groups attached to an aromatic ring is 1. The monoisotopic (exact) mass is 247 g/mol. The van der Waals surface area contributed by atoms with Crippen molar-refractivity contribution in [2.75, 3.05) is 5.73 Å². The van der Waals surface area contributed by atoms with Crippen LogP contribution in [0.2, 0.25) is 0 Å². The molecule has 0 aromatic carbocycles. The Kier molecular flexibility index (Phi) is 2.94. The zero-order valence-electron chi connectivity index (χ0n) is 11.0. The number of aryl methyl sites for hydroxylation is 1. The number of hydrogen-bond acceptors (Lipinski definition) is 5. The van der Waals surface area contributed by atoms with E-state index < -0.39 is 0 Å². The van der Waals surface area contributed by atoms with Gasteiger partial charge in [0.15, 0.2) is 0 Å². The Morgan fingerprint density at radius 2 is 1.89 bits per heavy atom. The molecule has 0 aliphatic heterocycles. The van der Waals surface area contributed by atoms with Crippen LogP contribution < -0.4 is 10.5 Å². The molecule has 2 aromatic heterocycles. The number of ether oxygens (including phenoxy) is 1. The summed E-state index contributed by atoms with van der Waals surface area (Å²) >= 11 is 0. The van der Waals surface area contributed by atoms with Crippen LogP contribution in [0.15, 0.2) is 12.1 Å². The molecule has 0 radical (unpaired) electrons. The molecule has 0 saturated heterocycles. The minimum Gasteiger partial charge on any atom is -0.419 e. The maximum Gasteiger partial charge on any atom is 0.240 e. The summed E-state index contributed by atoms with van der Waals surface area (Å²) in [4.78, 5) is 8.55. The maximum atomic E-state index is 5.76. The molecule has 0 atom stereocenters. The zero-order valence-corrected chi connectivity index (χ0v) is 11.0. The van der Waals surface area contributed by atoms with Crippen molar-refractivity contribution < 1.29 is 4.74 Å². The highest BCUT2D eigenvalue weighted by atomic mass is 16.5. The lowest BCUT2D eigenvalue weighted by molar-refractivity contribution is 0.430. The van der Waals surface area contributed by atoms with Crippen LogP contribution >= 0.6 is 0 Å². The highest BCUT2D eigenvalue weighted by molar-refractivity contribution is 5.35. The molecule has 0 fully saturated rings. The van der Waals surface area contributed by atoms with Gasteiger partial charge < -0.3 is 10.5 Å². The number of aromatic amines is 1. The van der Waals surface area contributed by atoms with Crippen LogP contribution in [0.5, 0.6) is 11.8 Å². The molecule has 0 saturated carbocycles. The van der Waals surface area contributed by atoms with E-state index in [2.05, 4.69) is 20.2 Å². The second kappa shape index (κ2) is 4.29. The molecular formula is C12H17N5O. The van der Waals surface area contributed by atoms with Crippen molar-refractivity contribution in [3.8, 4) is 11.8 Å². The summed E-state index contributed by atoms with van der Waals surface area (Å²) in [7, 11) is 0. The summed E-state index contributed by atoms with van der Waals surface area (Å²) in [5.74, 6) is 1.89. The summed E-state index contributed by atoms with van der Waals surface area (Å²) in [6.07, 6.45) is 0. The topological polar surface area (TPSA) is 89.7 Å². The van der Waals surface area contributed by atoms with Gasteiger partial charge in [-0.15, -0.1) is 5.10 Å². The third-order valence-corrected chi connectivity index (χ3v) is 2.28. The average Bonchev–Trinajstić information content (AvgIpc) is 2.61. The minimum absolute atomic E-state index is 0.186. The van der Waals surface area contributed by atoms with E-state index in [9.17, 15) is 0 Å². The lowest BCUT2D eigenvalue weighted by atomic mass is 9.96. The van der Waals surface area contributed by atoms with Gasteiger partial charge in [-0.25, -0.2) is 4.98 Å². The fourth-order valence-electron chi connectivity index (χ4n) is 1.38. The normalized spacial score (nSPS) is 11.6. The molecule has 6 heteroatoms. The summed E-state index contributed by atoms with van der Waals surface area (Å²) in [6, 6.07) is 3.37. The van der Waals surface area contributed by atoms with Crippen molar-refractivity contribution in [1.29, 1.82) is 0 Å². The first-order valence-corrected chi connectivity index (χ1v) is 5.69. The van der Waals surface area contributed by atoms with Gasteiger partial charge in [0.25, 0.3) is 0 Å². The molecule has 0 bridgehead atoms. The van der Waals surface area contributed by atoms with Gasteiger partial charge in [-0.3, -0.25) is 5.10 Å². The van der Waals surface area contributed by atoms with E-state index in [-0.39, 0.29) is 5.41 Å². The molecule has 2 rings (SSSR count). The van der Waals surface area contributed by atoms with Crippen LogP contribution in [0.1, 0.15) is 32.3 Å². The van der Waals surface area contributed by atoms with Crippen molar-refractivity contribution in [2.45, 2.75) is 33.1 Å². The Morgan fingerprint density at radius 3 is 2.44 bits per heavy atom. The Bertz CT molecular complexity index is 556. The predicted molar refractivity (Wildman–Crippen MR) is 68.5 cm³/mol. The van der Waals surface area contributed by atoms with Crippen LogP contribution in [0, 0.1) is 6.92 Å². The van der Waals surface area contributed by atoms with Gasteiger partial charge in [-0.05, 0) is 6.92 Å². The van der Waals surface area contributed by atoms with E-state index in [1.165, 1.54) is 0 Å². The first kappa shape index (κ1) is 12.3. The molecule has 18 heavy (non-hydrogen) atoms. The van der Waals surface area contributed by atoms with Gasteiger partial charge in [0.1, 0.15) is 11.6 Å². The van der Waals surface area contributed by atoms with Gasteiger partial charge in [0.2, 0.25) is 11.8 Å². The SMILES string of the molecule is Cc1cc(Oc2cc(N)nc(C(C)(C)C)n2)n[nH]1. The van der Waals surface area contributed by atoms with E-state index in [1.807, 2.05) is 27.7 Å². The Balaban J connectivity index is 2.31. The van der Waals surface area contributed by atoms with Crippen molar-refractivity contribution >= 4 is 5.82 Å². The van der Waals surface area contributed by atoms with Gasteiger partial charge in [-0.2, -0.15) is 4.98 Å². The first-order chi connectivity index (χ1) is 8.34. The molecule has 0 aliphatic carbocycles. The van der Waals surface area contributed by atoms with Crippen LogP contribution in [-0.4, -0.2) is 20.2 Å². The standard InChI is InChI=1S/C12H17N5O/c1-7-5-10(17-16-7)18-9-6-8(13)14-11(15-9)12(2,3)4/h5-6H,1-4H3,(H,16,17)(H2,13,14,15). The largest absolute Gasteiger partial charge is 0.419 e. The summed E-state index contributed by atoms with van der Waals surface area (Å²) < 4.78 is 5.54. The van der Waals surface area contributed by atoms with Gasteiger partial charge in [0.05, 0.1) is 0 Å². The molecule has 6 nitrogen and oxygen atoms in total. The predicted octanol–water partition coefficient (Wildman–Crippen LogP) is 2.18. The molecule has 0 unspecified atom stereocenters. The fourth-order valence-corrected chi connectivity index (χ4v) is 1.38. The van der Waals surface area contributed by atoms with Gasteiger partial charge in [-0.1, -0.05) is 20.8 Å². The second-order valence-electron chi connectivity index (χ2n) is 5.20. The highest BCUT2D eigenvalue weighted by Gasteiger charge is 2.19. The third-order valence-electron chi connectivity index (χ3n) is 2.28. The third kappa shape index (κ3) is 2.77. The van der Waals surface area contributed by atoms with Crippen LogP contribution in [-0.2, 0) is 5.41 Å². The lowest BCUT2D eigenvalue weighted by Gasteiger charge is -2.17. The summed E-state index contributed by atoms with van der Waals surface area (Å²) in [6.45, 7) is 7.95. The summed E-state index contributed by atoms with van der Waals surface area (Å²) in [5, 5.41) is 6.78. The van der Waals surface area contributed by atoms with E-state index in [0.717, 1.165) is 5.69 Å². The molecule has 0 amide bonds. The number of nitrogens with one attached hydrogen (secondary N) is 1. The maximum absolute atomic E-state index is 5.76. The minimum atomic E-state index is -0.186. The van der Waals surface area contributed by atoms with Gasteiger partial charge >= 0.3 is 0 Å². The number of H-pyrrole nitrogens is 1. The van der Waals surface area contributed by atoms with Crippen molar-refractivity contribution in [3.05, 3.63) is 23.7 Å². The smallest absolute Gasteiger partial charge is 0.240 e. The Labute approximate surface area is 106 Å². The Morgan fingerprint density at radius 1 is 1.17 bits per heavy atom. The van der Waals surface area contributed by atoms with Crippen LogP contribution in [0.3, 0.4) is 0 Å². The zero-order chi connectivity index (χ0) is 13.3.